The van der Waals surface area contributed by atoms with Gasteiger partial charge in [-0.2, -0.15) is 0 Å². The Labute approximate surface area is 96.8 Å². The summed E-state index contributed by atoms with van der Waals surface area (Å²) in [7, 11) is 0. The molecule has 0 aliphatic carbocycles. The zero-order chi connectivity index (χ0) is 10.8. The average molecular weight is 230 g/mol. The molecule has 0 saturated heterocycles. The van der Waals surface area contributed by atoms with E-state index in [-0.39, 0.29) is 0 Å². The molecule has 5 heteroatoms. The van der Waals surface area contributed by atoms with Crippen LogP contribution in [0.5, 0.6) is 0 Å². The van der Waals surface area contributed by atoms with Crippen molar-refractivity contribution in [3.63, 3.8) is 0 Å². The zero-order valence-electron chi connectivity index (χ0n) is 8.52. The van der Waals surface area contributed by atoms with E-state index < -0.39 is 0 Å². The van der Waals surface area contributed by atoms with Crippen LogP contribution in [0.2, 0.25) is 0 Å². The van der Waals surface area contributed by atoms with Crippen LogP contribution in [0, 0.1) is 0 Å². The van der Waals surface area contributed by atoms with Gasteiger partial charge in [0, 0.05) is 30.4 Å². The van der Waals surface area contributed by atoms with Gasteiger partial charge in [0.05, 0.1) is 19.2 Å². The molecule has 0 N–H and O–H groups in total. The predicted octanol–water partition coefficient (Wildman–Crippen LogP) is 2.18. The van der Waals surface area contributed by atoms with E-state index in [0.717, 1.165) is 6.54 Å². The molecule has 80 valence electrons. The molecular formula is C11H10N4S. The highest BCUT2D eigenvalue weighted by atomic mass is 32.1. The highest BCUT2D eigenvalue weighted by molar-refractivity contribution is 7.12. The van der Waals surface area contributed by atoms with E-state index in [2.05, 4.69) is 26.0 Å². The van der Waals surface area contributed by atoms with Crippen LogP contribution in [-0.2, 0) is 6.54 Å². The number of aromatic nitrogens is 4. The van der Waals surface area contributed by atoms with Gasteiger partial charge in [0.25, 0.3) is 0 Å². The monoisotopic (exact) mass is 230 g/mol. The second-order valence-electron chi connectivity index (χ2n) is 3.46. The predicted molar refractivity (Wildman–Crippen MR) is 62.8 cm³/mol. The Balaban J connectivity index is 1.94. The smallest absolute Gasteiger partial charge is 0.105 e. The average Bonchev–Trinajstić information content (AvgIpc) is 2.98. The summed E-state index contributed by atoms with van der Waals surface area (Å²) in [6.07, 6.45) is 11.2. The summed E-state index contributed by atoms with van der Waals surface area (Å²) in [5.74, 6) is 0. The van der Waals surface area contributed by atoms with Crippen LogP contribution in [0.3, 0.4) is 0 Å². The molecule has 3 heterocycles. The number of thiophene rings is 1. The van der Waals surface area contributed by atoms with Crippen LogP contribution < -0.4 is 0 Å². The molecule has 0 unspecified atom stereocenters. The minimum atomic E-state index is 0.844. The molecule has 0 radical (unpaired) electrons. The lowest BCUT2D eigenvalue weighted by atomic mass is 10.3. The molecule has 0 saturated carbocycles. The molecule has 0 spiro atoms. The molecule has 16 heavy (non-hydrogen) atoms. The van der Waals surface area contributed by atoms with Crippen molar-refractivity contribution in [2.75, 3.05) is 0 Å². The van der Waals surface area contributed by atoms with Crippen molar-refractivity contribution in [2.24, 2.45) is 0 Å². The molecule has 0 atom stereocenters. The molecule has 0 aliphatic rings. The van der Waals surface area contributed by atoms with Crippen LogP contribution in [0.4, 0.5) is 0 Å². The molecular weight excluding hydrogens is 220 g/mol. The summed E-state index contributed by atoms with van der Waals surface area (Å²) in [6.45, 7) is 0.844. The van der Waals surface area contributed by atoms with Gasteiger partial charge in [0.2, 0.25) is 0 Å². The van der Waals surface area contributed by atoms with Gasteiger partial charge in [0.1, 0.15) is 5.00 Å². The topological polar surface area (TPSA) is 35.6 Å². The van der Waals surface area contributed by atoms with E-state index in [1.807, 2.05) is 29.6 Å². The Kier molecular flexibility index (Phi) is 2.30. The Bertz CT molecular complexity index is 551. The van der Waals surface area contributed by atoms with Crippen molar-refractivity contribution in [3.05, 3.63) is 54.5 Å². The minimum Gasteiger partial charge on any atom is -0.333 e. The van der Waals surface area contributed by atoms with Gasteiger partial charge < -0.3 is 4.57 Å². The van der Waals surface area contributed by atoms with Gasteiger partial charge in [-0.15, -0.1) is 11.3 Å². The van der Waals surface area contributed by atoms with E-state index in [0.29, 0.717) is 0 Å². The Morgan fingerprint density at radius 2 is 2.00 bits per heavy atom. The largest absolute Gasteiger partial charge is 0.333 e. The fourth-order valence-corrected chi connectivity index (χ4v) is 2.51. The van der Waals surface area contributed by atoms with Crippen molar-refractivity contribution in [1.29, 1.82) is 0 Å². The summed E-state index contributed by atoms with van der Waals surface area (Å²) >= 11 is 1.72. The molecule has 3 aromatic rings. The lowest BCUT2D eigenvalue weighted by Crippen LogP contribution is -1.99. The first-order valence-corrected chi connectivity index (χ1v) is 5.82. The van der Waals surface area contributed by atoms with Crippen molar-refractivity contribution < 1.29 is 0 Å². The molecule has 3 rings (SSSR count). The van der Waals surface area contributed by atoms with E-state index >= 15 is 0 Å². The number of hydrogen-bond donors (Lipinski definition) is 0. The molecule has 0 aromatic carbocycles. The maximum Gasteiger partial charge on any atom is 0.105 e. The third-order valence-electron chi connectivity index (χ3n) is 2.37. The van der Waals surface area contributed by atoms with Crippen molar-refractivity contribution >= 4 is 11.3 Å². The van der Waals surface area contributed by atoms with Crippen molar-refractivity contribution in [1.82, 2.24) is 19.1 Å². The number of rotatable bonds is 3. The second kappa shape index (κ2) is 3.94. The van der Waals surface area contributed by atoms with Gasteiger partial charge in [-0.25, -0.2) is 9.97 Å². The number of nitrogens with zero attached hydrogens (tertiary/aromatic N) is 4. The zero-order valence-corrected chi connectivity index (χ0v) is 9.34. The quantitative estimate of drug-likeness (QED) is 0.691. The van der Waals surface area contributed by atoms with Gasteiger partial charge in [-0.05, 0) is 11.4 Å². The first kappa shape index (κ1) is 9.35. The number of imidazole rings is 2. The lowest BCUT2D eigenvalue weighted by Gasteiger charge is -2.04. The minimum absolute atomic E-state index is 0.844. The SMILES string of the molecule is c1cn(Cc2ccsc2-n2ccnc2)cn1. The molecule has 4 nitrogen and oxygen atoms in total. The molecule has 0 aliphatic heterocycles. The van der Waals surface area contributed by atoms with Gasteiger partial charge >= 0.3 is 0 Å². The van der Waals surface area contributed by atoms with Gasteiger partial charge in [-0.3, -0.25) is 4.57 Å². The third-order valence-corrected chi connectivity index (χ3v) is 3.34. The summed E-state index contributed by atoms with van der Waals surface area (Å²) in [6, 6.07) is 2.14. The fraction of sp³-hybridized carbons (Fsp3) is 0.0909. The van der Waals surface area contributed by atoms with Crippen LogP contribution in [0.25, 0.3) is 5.00 Å². The normalized spacial score (nSPS) is 10.8. The summed E-state index contributed by atoms with van der Waals surface area (Å²) < 4.78 is 4.10. The summed E-state index contributed by atoms with van der Waals surface area (Å²) in [5.41, 5.74) is 1.28. The van der Waals surface area contributed by atoms with E-state index in [1.54, 1.807) is 23.7 Å². The van der Waals surface area contributed by atoms with Crippen LogP contribution in [0.1, 0.15) is 5.56 Å². The lowest BCUT2D eigenvalue weighted by molar-refractivity contribution is 0.793. The Hall–Kier alpha value is -1.88. The van der Waals surface area contributed by atoms with E-state index in [1.165, 1.54) is 10.6 Å². The first-order valence-electron chi connectivity index (χ1n) is 4.94. The standard InChI is InChI=1S/C11H10N4S/c1-6-16-11(15-5-3-13-9-15)10(1)7-14-4-2-12-8-14/h1-6,8-9H,7H2. The van der Waals surface area contributed by atoms with Crippen molar-refractivity contribution in [2.45, 2.75) is 6.54 Å². The molecule has 0 bridgehead atoms. The first-order chi connectivity index (χ1) is 7.93. The molecule has 3 aromatic heterocycles. The fourth-order valence-electron chi connectivity index (χ4n) is 1.63. The van der Waals surface area contributed by atoms with Crippen LogP contribution in [0.15, 0.2) is 48.9 Å². The third kappa shape index (κ3) is 1.65. The van der Waals surface area contributed by atoms with Crippen LogP contribution in [-0.4, -0.2) is 19.1 Å². The van der Waals surface area contributed by atoms with Crippen molar-refractivity contribution in [3.8, 4) is 5.00 Å². The highest BCUT2D eigenvalue weighted by Crippen LogP contribution is 2.22. The summed E-state index contributed by atoms with van der Waals surface area (Å²) in [5, 5.41) is 3.31. The van der Waals surface area contributed by atoms with Gasteiger partial charge in [-0.1, -0.05) is 0 Å². The number of hydrogen-bond acceptors (Lipinski definition) is 3. The van der Waals surface area contributed by atoms with E-state index in [4.69, 9.17) is 0 Å². The Morgan fingerprint density at radius 1 is 1.12 bits per heavy atom. The van der Waals surface area contributed by atoms with Gasteiger partial charge in [0.15, 0.2) is 0 Å². The maximum atomic E-state index is 4.07. The van der Waals surface area contributed by atoms with E-state index in [9.17, 15) is 0 Å². The highest BCUT2D eigenvalue weighted by Gasteiger charge is 2.06. The Morgan fingerprint density at radius 3 is 2.75 bits per heavy atom. The maximum absolute atomic E-state index is 4.07. The molecule has 0 amide bonds. The van der Waals surface area contributed by atoms with Crippen LogP contribution >= 0.6 is 11.3 Å². The summed E-state index contributed by atoms with van der Waals surface area (Å²) in [4.78, 5) is 8.11. The molecule has 0 fully saturated rings. The second-order valence-corrected chi connectivity index (χ2v) is 4.35.